The van der Waals surface area contributed by atoms with E-state index < -0.39 is 35.4 Å². The van der Waals surface area contributed by atoms with Crippen molar-refractivity contribution in [3.8, 4) is 11.4 Å². The Bertz CT molecular complexity index is 1410. The highest BCUT2D eigenvalue weighted by molar-refractivity contribution is 9.10. The maximum Gasteiger partial charge on any atom is 0.407 e. The third-order valence-electron chi connectivity index (χ3n) is 7.16. The van der Waals surface area contributed by atoms with Gasteiger partial charge >= 0.3 is 6.09 Å². The largest absolute Gasteiger partial charge is 0.444 e. The zero-order valence-corrected chi connectivity index (χ0v) is 25.4. The van der Waals surface area contributed by atoms with Crippen LogP contribution < -0.4 is 16.0 Å². The topological polar surface area (TPSA) is 156 Å². The number of aromatic amines is 1. The van der Waals surface area contributed by atoms with Gasteiger partial charge in [-0.25, -0.2) is 14.3 Å². The number of hydrogen-bond donors (Lipinski definition) is 3. The first kappa shape index (κ1) is 31.1. The number of ether oxygens (including phenoxy) is 1. The number of H-pyrrole nitrogens is 1. The average Bonchev–Trinajstić information content (AvgIpc) is 3.46. The summed E-state index contributed by atoms with van der Waals surface area (Å²) >= 11 is 3.44. The Labute approximate surface area is 251 Å². The summed E-state index contributed by atoms with van der Waals surface area (Å²) in [5.74, 6) is -1.77. The minimum absolute atomic E-state index is 0.122. The molecule has 1 aliphatic rings. The van der Waals surface area contributed by atoms with Crippen LogP contribution in [-0.4, -0.2) is 56.7 Å². The summed E-state index contributed by atoms with van der Waals surface area (Å²) in [4.78, 5) is 40.4. The highest BCUT2D eigenvalue weighted by Crippen LogP contribution is 2.34. The van der Waals surface area contributed by atoms with E-state index in [9.17, 15) is 14.4 Å². The number of amides is 3. The molecule has 0 unspecified atom stereocenters. The van der Waals surface area contributed by atoms with Gasteiger partial charge in [-0.1, -0.05) is 28.1 Å². The van der Waals surface area contributed by atoms with Gasteiger partial charge in [0.05, 0.1) is 5.56 Å². The summed E-state index contributed by atoms with van der Waals surface area (Å²) in [6.45, 7) is 5.84. The summed E-state index contributed by atoms with van der Waals surface area (Å²) in [7, 11) is 0. The van der Waals surface area contributed by atoms with Crippen LogP contribution in [0.15, 0.2) is 46.9 Å². The van der Waals surface area contributed by atoms with Crippen molar-refractivity contribution in [1.29, 1.82) is 0 Å². The van der Waals surface area contributed by atoms with E-state index in [4.69, 9.17) is 10.5 Å². The monoisotopic (exact) mass is 643 g/mol. The first-order valence-electron chi connectivity index (χ1n) is 13.8. The number of aromatic nitrogens is 4. The van der Waals surface area contributed by atoms with Crippen molar-refractivity contribution >= 4 is 39.5 Å². The van der Waals surface area contributed by atoms with Crippen LogP contribution >= 0.6 is 15.9 Å². The second-order valence-corrected chi connectivity index (χ2v) is 12.4. The molecular weight excluding hydrogens is 609 g/mol. The number of benzene rings is 2. The third kappa shape index (κ3) is 8.11. The lowest BCUT2D eigenvalue weighted by Crippen LogP contribution is -2.52. The summed E-state index contributed by atoms with van der Waals surface area (Å²) in [6, 6.07) is 10.5. The number of carbonyl (C=O) groups is 3. The van der Waals surface area contributed by atoms with E-state index in [1.165, 1.54) is 17.0 Å². The van der Waals surface area contributed by atoms with Crippen molar-refractivity contribution in [3.05, 3.63) is 58.3 Å². The Kier molecular flexibility index (Phi) is 9.92. The SMILES string of the molecule is CC(C)(C)OC(=O)NC[C@H]1CC[C@H](C(=O)N(c2ccc(-c3nnn[nH]3)c(F)c2)[C@@H](Cc2cccc(Br)c2)C(N)=O)CC1. The maximum atomic E-state index is 15.3. The second-order valence-electron chi connectivity index (χ2n) is 11.5. The molecule has 1 atom stereocenters. The van der Waals surface area contributed by atoms with Crippen molar-refractivity contribution in [1.82, 2.24) is 25.9 Å². The fourth-order valence-electron chi connectivity index (χ4n) is 5.14. The third-order valence-corrected chi connectivity index (χ3v) is 7.65. The zero-order chi connectivity index (χ0) is 30.4. The molecule has 4 rings (SSSR count). The molecule has 0 aliphatic heterocycles. The number of nitrogens with one attached hydrogen (secondary N) is 2. The van der Waals surface area contributed by atoms with Crippen LogP contribution in [0.3, 0.4) is 0 Å². The number of rotatable bonds is 9. The number of hydrogen-bond acceptors (Lipinski definition) is 7. The molecule has 224 valence electrons. The van der Waals surface area contributed by atoms with E-state index in [0.29, 0.717) is 32.2 Å². The number of tetrazole rings is 1. The minimum atomic E-state index is -1.06. The summed E-state index contributed by atoms with van der Waals surface area (Å²) in [6.07, 6.45) is 2.14. The molecule has 1 aliphatic carbocycles. The van der Waals surface area contributed by atoms with Crippen LogP contribution in [0.5, 0.6) is 0 Å². The van der Waals surface area contributed by atoms with Gasteiger partial charge in [0.2, 0.25) is 11.8 Å². The fraction of sp³-hybridized carbons (Fsp3) is 0.448. The fourth-order valence-corrected chi connectivity index (χ4v) is 5.58. The molecule has 0 radical (unpaired) electrons. The lowest BCUT2D eigenvalue weighted by atomic mass is 9.81. The Morgan fingerprint density at radius 3 is 2.50 bits per heavy atom. The Morgan fingerprint density at radius 1 is 1.17 bits per heavy atom. The van der Waals surface area contributed by atoms with Crippen LogP contribution in [0.2, 0.25) is 0 Å². The summed E-state index contributed by atoms with van der Waals surface area (Å²) in [5, 5.41) is 16.1. The van der Waals surface area contributed by atoms with E-state index >= 15 is 4.39 Å². The molecule has 2 aromatic carbocycles. The molecule has 1 aromatic heterocycles. The van der Waals surface area contributed by atoms with E-state index in [0.717, 1.165) is 10.0 Å². The molecule has 4 N–H and O–H groups in total. The van der Waals surface area contributed by atoms with Crippen LogP contribution in [-0.2, 0) is 20.7 Å². The first-order chi connectivity index (χ1) is 19.9. The molecule has 13 heteroatoms. The van der Waals surface area contributed by atoms with Crippen molar-refractivity contribution in [2.45, 2.75) is 64.5 Å². The van der Waals surface area contributed by atoms with Gasteiger partial charge in [-0.3, -0.25) is 14.5 Å². The number of primary amides is 1. The predicted molar refractivity (Wildman–Crippen MR) is 158 cm³/mol. The average molecular weight is 645 g/mol. The van der Waals surface area contributed by atoms with Crippen molar-refractivity contribution in [3.63, 3.8) is 0 Å². The number of nitrogens with zero attached hydrogens (tertiary/aromatic N) is 4. The van der Waals surface area contributed by atoms with E-state index in [-0.39, 0.29) is 35.3 Å². The molecule has 1 heterocycles. The predicted octanol–water partition coefficient (Wildman–Crippen LogP) is 4.53. The van der Waals surface area contributed by atoms with Gasteiger partial charge in [-0.2, -0.15) is 0 Å². The van der Waals surface area contributed by atoms with Crippen molar-refractivity contribution < 1.29 is 23.5 Å². The lowest BCUT2D eigenvalue weighted by molar-refractivity contribution is -0.127. The quantitative estimate of drug-likeness (QED) is 0.309. The summed E-state index contributed by atoms with van der Waals surface area (Å²) < 4.78 is 21.4. The molecule has 1 fully saturated rings. The van der Waals surface area contributed by atoms with Gasteiger partial charge in [-0.05, 0) is 98.7 Å². The number of carbonyl (C=O) groups excluding carboxylic acids is 3. The van der Waals surface area contributed by atoms with Crippen molar-refractivity contribution in [2.24, 2.45) is 17.6 Å². The van der Waals surface area contributed by atoms with Crippen LogP contribution in [0.1, 0.15) is 52.0 Å². The van der Waals surface area contributed by atoms with E-state index in [2.05, 4.69) is 41.9 Å². The van der Waals surface area contributed by atoms with Gasteiger partial charge in [0.1, 0.15) is 17.5 Å². The molecule has 0 bridgehead atoms. The molecule has 0 spiro atoms. The second kappa shape index (κ2) is 13.4. The molecule has 11 nitrogen and oxygen atoms in total. The highest BCUT2D eigenvalue weighted by atomic mass is 79.9. The Morgan fingerprint density at radius 2 is 1.90 bits per heavy atom. The normalized spacial score (nSPS) is 17.7. The molecule has 0 saturated heterocycles. The van der Waals surface area contributed by atoms with Crippen molar-refractivity contribution in [2.75, 3.05) is 11.4 Å². The zero-order valence-electron chi connectivity index (χ0n) is 23.8. The van der Waals surface area contributed by atoms with E-state index in [1.807, 2.05) is 24.3 Å². The highest BCUT2D eigenvalue weighted by Gasteiger charge is 2.36. The number of anilines is 1. The molecule has 3 aromatic rings. The van der Waals surface area contributed by atoms with E-state index in [1.54, 1.807) is 26.8 Å². The van der Waals surface area contributed by atoms with Gasteiger partial charge in [-0.15, -0.1) is 5.10 Å². The minimum Gasteiger partial charge on any atom is -0.444 e. The number of halogens is 2. The van der Waals surface area contributed by atoms with Gasteiger partial charge in [0.25, 0.3) is 0 Å². The maximum absolute atomic E-state index is 15.3. The smallest absolute Gasteiger partial charge is 0.407 e. The van der Waals surface area contributed by atoms with Gasteiger partial charge < -0.3 is 15.8 Å². The Hall–Kier alpha value is -3.87. The molecular formula is C29H35BrFN7O4. The number of alkyl carbamates (subject to hydrolysis) is 1. The molecule has 42 heavy (non-hydrogen) atoms. The van der Waals surface area contributed by atoms with Gasteiger partial charge in [0.15, 0.2) is 5.82 Å². The van der Waals surface area contributed by atoms with Crippen LogP contribution in [0, 0.1) is 17.7 Å². The lowest BCUT2D eigenvalue weighted by Gasteiger charge is -2.36. The summed E-state index contributed by atoms with van der Waals surface area (Å²) in [5.41, 5.74) is 6.41. The standard InChI is InChI=1S/C29H35BrFN7O4/c1-29(2,3)42-28(41)33-16-17-7-9-19(10-8-17)27(40)38(24(25(32)39)14-18-5-4-6-20(30)13-18)21-11-12-22(23(31)15-21)26-34-36-37-35-26/h4-6,11-13,15,17,19,24H,7-10,14,16H2,1-3H3,(H2,32,39)(H,33,41)(H,34,35,36,37)/t17-,19-,24-/m0/s1. The van der Waals surface area contributed by atoms with Crippen LogP contribution in [0.25, 0.3) is 11.4 Å². The Balaban J connectivity index is 1.56. The molecule has 3 amide bonds. The molecule has 1 saturated carbocycles. The number of nitrogens with two attached hydrogens (primary N) is 1. The van der Waals surface area contributed by atoms with Gasteiger partial charge in [0, 0.05) is 29.0 Å². The first-order valence-corrected chi connectivity index (χ1v) is 14.6. The van der Waals surface area contributed by atoms with Crippen LogP contribution in [0.4, 0.5) is 14.9 Å².